The van der Waals surface area contributed by atoms with Crippen molar-refractivity contribution >= 4 is 53.5 Å². The fraction of sp³-hybridized carbons (Fsp3) is 0.133. The van der Waals surface area contributed by atoms with Gasteiger partial charge in [-0.15, -0.1) is 0 Å². The fourth-order valence-corrected chi connectivity index (χ4v) is 3.78. The number of hydrogen-bond acceptors (Lipinski definition) is 4. The van der Waals surface area contributed by atoms with Crippen LogP contribution in [0.4, 0.5) is 5.69 Å². The summed E-state index contributed by atoms with van der Waals surface area (Å²) in [5.41, 5.74) is 0.376. The van der Waals surface area contributed by atoms with Crippen molar-refractivity contribution in [2.75, 3.05) is 18.0 Å². The van der Waals surface area contributed by atoms with Crippen molar-refractivity contribution in [1.29, 1.82) is 0 Å². The lowest BCUT2D eigenvalue weighted by Gasteiger charge is -2.23. The average molecular weight is 463 g/mol. The van der Waals surface area contributed by atoms with Crippen LogP contribution in [0.3, 0.4) is 0 Å². The maximum atomic E-state index is 12.9. The van der Waals surface area contributed by atoms with Gasteiger partial charge >= 0.3 is 5.97 Å². The lowest BCUT2D eigenvalue weighted by molar-refractivity contribution is -0.138. The molecule has 8 heteroatoms. The second-order valence-corrected chi connectivity index (χ2v) is 8.21. The minimum atomic E-state index is -3.89. The molecule has 122 valence electrons. The summed E-state index contributed by atoms with van der Waals surface area (Å²) in [4.78, 5) is 11.7. The van der Waals surface area contributed by atoms with E-state index in [0.717, 1.165) is 13.3 Å². The van der Waals surface area contributed by atoms with Gasteiger partial charge in [-0.05, 0) is 48.5 Å². The zero-order valence-corrected chi connectivity index (χ0v) is 16.1. The topological polar surface area (TPSA) is 63.7 Å². The highest BCUT2D eigenvalue weighted by molar-refractivity contribution is 9.10. The van der Waals surface area contributed by atoms with Gasteiger partial charge in [-0.3, -0.25) is 9.10 Å². The van der Waals surface area contributed by atoms with E-state index in [1.807, 2.05) is 0 Å². The van der Waals surface area contributed by atoms with Gasteiger partial charge in [-0.1, -0.05) is 31.9 Å². The first-order valence-corrected chi connectivity index (χ1v) is 9.48. The molecule has 0 aliphatic heterocycles. The Morgan fingerprint density at radius 1 is 1.00 bits per heavy atom. The molecule has 0 aliphatic carbocycles. The molecule has 0 radical (unpaired) electrons. The maximum Gasteiger partial charge on any atom is 0.326 e. The Morgan fingerprint density at radius 2 is 1.48 bits per heavy atom. The molecule has 0 fully saturated rings. The summed E-state index contributed by atoms with van der Waals surface area (Å²) in [5.74, 6) is -0.645. The predicted molar refractivity (Wildman–Crippen MR) is 94.8 cm³/mol. The Kier molecular flexibility index (Phi) is 5.83. The van der Waals surface area contributed by atoms with E-state index in [0.29, 0.717) is 5.69 Å². The quantitative estimate of drug-likeness (QED) is 0.637. The van der Waals surface area contributed by atoms with Crippen molar-refractivity contribution < 1.29 is 17.9 Å². The molecule has 0 spiro atoms. The van der Waals surface area contributed by atoms with E-state index in [4.69, 9.17) is 0 Å². The largest absolute Gasteiger partial charge is 0.468 e. The van der Waals surface area contributed by atoms with Gasteiger partial charge in [-0.2, -0.15) is 0 Å². The molecule has 2 rings (SSSR count). The first-order valence-electron chi connectivity index (χ1n) is 6.45. The van der Waals surface area contributed by atoms with Crippen LogP contribution in [0.1, 0.15) is 0 Å². The van der Waals surface area contributed by atoms with Gasteiger partial charge in [0, 0.05) is 8.95 Å². The zero-order chi connectivity index (χ0) is 17.0. The maximum absolute atomic E-state index is 12.9. The molecule has 0 bridgehead atoms. The van der Waals surface area contributed by atoms with Gasteiger partial charge in [0.2, 0.25) is 0 Å². The molecule has 0 saturated heterocycles. The smallest absolute Gasteiger partial charge is 0.326 e. The Morgan fingerprint density at radius 3 is 1.96 bits per heavy atom. The number of benzene rings is 2. The Bertz CT molecular complexity index is 789. The number of anilines is 1. The number of methoxy groups -OCH3 is 1. The molecule has 0 atom stereocenters. The molecule has 5 nitrogen and oxygen atoms in total. The second-order valence-electron chi connectivity index (χ2n) is 4.52. The number of rotatable bonds is 5. The minimum absolute atomic E-state index is 0.0903. The van der Waals surface area contributed by atoms with Gasteiger partial charge in [0.05, 0.1) is 17.7 Å². The highest BCUT2D eigenvalue weighted by Crippen LogP contribution is 2.26. The summed E-state index contributed by atoms with van der Waals surface area (Å²) in [6.45, 7) is -0.406. The van der Waals surface area contributed by atoms with E-state index in [1.165, 1.54) is 19.2 Å². The number of ether oxygens (including phenoxy) is 1. The van der Waals surface area contributed by atoms with Gasteiger partial charge in [0.25, 0.3) is 10.0 Å². The highest BCUT2D eigenvalue weighted by atomic mass is 79.9. The van der Waals surface area contributed by atoms with Crippen molar-refractivity contribution in [3.8, 4) is 0 Å². The van der Waals surface area contributed by atoms with Gasteiger partial charge in [-0.25, -0.2) is 8.42 Å². The Hall–Kier alpha value is -1.38. The first kappa shape index (κ1) is 18.0. The number of carbonyl (C=O) groups is 1. The van der Waals surface area contributed by atoms with E-state index in [2.05, 4.69) is 36.6 Å². The summed E-state index contributed by atoms with van der Waals surface area (Å²) in [5, 5.41) is 0. The van der Waals surface area contributed by atoms with Gasteiger partial charge in [0.1, 0.15) is 6.54 Å². The first-order chi connectivity index (χ1) is 10.8. The van der Waals surface area contributed by atoms with E-state index in [9.17, 15) is 13.2 Å². The van der Waals surface area contributed by atoms with Crippen LogP contribution >= 0.6 is 31.9 Å². The molecular weight excluding hydrogens is 450 g/mol. The number of esters is 1. The van der Waals surface area contributed by atoms with Gasteiger partial charge < -0.3 is 4.74 Å². The van der Waals surface area contributed by atoms with E-state index >= 15 is 0 Å². The molecule has 0 aliphatic rings. The van der Waals surface area contributed by atoms with Gasteiger partial charge in [0.15, 0.2) is 0 Å². The van der Waals surface area contributed by atoms with Crippen LogP contribution in [-0.2, 0) is 19.6 Å². The summed E-state index contributed by atoms with van der Waals surface area (Å²) in [7, 11) is -2.68. The number of carbonyl (C=O) groups excluding carboxylic acids is 1. The lowest BCUT2D eigenvalue weighted by Crippen LogP contribution is -2.36. The number of nitrogens with zero attached hydrogens (tertiary/aromatic N) is 1. The average Bonchev–Trinajstić information content (AvgIpc) is 2.53. The molecule has 2 aromatic rings. The molecular formula is C15H13Br2NO4S. The lowest BCUT2D eigenvalue weighted by atomic mass is 10.3. The summed E-state index contributed by atoms with van der Waals surface area (Å²) in [6, 6.07) is 12.8. The van der Waals surface area contributed by atoms with Crippen LogP contribution in [0.25, 0.3) is 0 Å². The van der Waals surface area contributed by atoms with Crippen LogP contribution in [0.2, 0.25) is 0 Å². The third-order valence-electron chi connectivity index (χ3n) is 3.02. The van der Waals surface area contributed by atoms with Crippen molar-refractivity contribution in [3.05, 3.63) is 57.5 Å². The third kappa shape index (κ3) is 4.33. The van der Waals surface area contributed by atoms with E-state index in [1.54, 1.807) is 36.4 Å². The Labute approximate surface area is 151 Å². The van der Waals surface area contributed by atoms with Crippen molar-refractivity contribution in [2.45, 2.75) is 4.90 Å². The molecule has 23 heavy (non-hydrogen) atoms. The molecule has 2 aromatic carbocycles. The standard InChI is InChI=1S/C15H13Br2NO4S/c1-22-15(19)10-18(13-6-2-11(16)3-7-13)23(20,21)14-8-4-12(17)5-9-14/h2-9H,10H2,1H3. The Balaban J connectivity index is 2.49. The number of hydrogen-bond donors (Lipinski definition) is 0. The third-order valence-corrected chi connectivity index (χ3v) is 5.86. The summed E-state index contributed by atoms with van der Waals surface area (Å²) in [6.07, 6.45) is 0. The molecule has 0 aromatic heterocycles. The summed E-state index contributed by atoms with van der Waals surface area (Å²) >= 11 is 6.56. The normalized spacial score (nSPS) is 11.1. The predicted octanol–water partition coefficient (Wildman–Crippen LogP) is 3.58. The monoisotopic (exact) mass is 461 g/mol. The zero-order valence-electron chi connectivity index (χ0n) is 12.1. The van der Waals surface area contributed by atoms with Crippen molar-refractivity contribution in [1.82, 2.24) is 0 Å². The molecule has 0 amide bonds. The van der Waals surface area contributed by atoms with E-state index < -0.39 is 22.5 Å². The van der Waals surface area contributed by atoms with Crippen molar-refractivity contribution in [2.24, 2.45) is 0 Å². The second kappa shape index (κ2) is 7.46. The van der Waals surface area contributed by atoms with Crippen LogP contribution in [-0.4, -0.2) is 28.0 Å². The van der Waals surface area contributed by atoms with Crippen LogP contribution < -0.4 is 4.31 Å². The van der Waals surface area contributed by atoms with Crippen LogP contribution in [0.15, 0.2) is 62.4 Å². The van der Waals surface area contributed by atoms with E-state index in [-0.39, 0.29) is 4.90 Å². The SMILES string of the molecule is COC(=O)CN(c1ccc(Br)cc1)S(=O)(=O)c1ccc(Br)cc1. The minimum Gasteiger partial charge on any atom is -0.468 e. The molecule has 0 unspecified atom stereocenters. The van der Waals surface area contributed by atoms with Crippen molar-refractivity contribution in [3.63, 3.8) is 0 Å². The van der Waals surface area contributed by atoms with Crippen LogP contribution in [0, 0.1) is 0 Å². The fourth-order valence-electron chi connectivity index (χ4n) is 1.84. The molecule has 0 heterocycles. The molecule has 0 saturated carbocycles. The molecule has 0 N–H and O–H groups in total. The summed E-state index contributed by atoms with van der Waals surface area (Å²) < 4.78 is 32.9. The highest BCUT2D eigenvalue weighted by Gasteiger charge is 2.27. The number of sulfonamides is 1. The van der Waals surface area contributed by atoms with Crippen LogP contribution in [0.5, 0.6) is 0 Å². The number of halogens is 2.